The summed E-state index contributed by atoms with van der Waals surface area (Å²) in [5.74, 6) is 1.87. The molecule has 0 saturated carbocycles. The predicted octanol–water partition coefficient (Wildman–Crippen LogP) is 3.31. The van der Waals surface area contributed by atoms with Gasteiger partial charge in [0.2, 0.25) is 0 Å². The van der Waals surface area contributed by atoms with Crippen LogP contribution in [-0.2, 0) is 4.79 Å². The van der Waals surface area contributed by atoms with Gasteiger partial charge in [0.25, 0.3) is 5.91 Å². The van der Waals surface area contributed by atoms with E-state index in [1.807, 2.05) is 24.3 Å². The van der Waals surface area contributed by atoms with Crippen molar-refractivity contribution in [3.8, 4) is 17.2 Å². The number of methoxy groups -OCH3 is 1. The summed E-state index contributed by atoms with van der Waals surface area (Å²) in [4.78, 5) is 12.0. The lowest BCUT2D eigenvalue weighted by molar-refractivity contribution is -0.127. The SMILES string of the molecule is COc1ccc(OCCNC(=O)[C@H](C)Oc2ccc(Cl)cc2)cc1. The van der Waals surface area contributed by atoms with E-state index in [0.29, 0.717) is 23.9 Å². The summed E-state index contributed by atoms with van der Waals surface area (Å²) in [6.07, 6.45) is -0.604. The van der Waals surface area contributed by atoms with Gasteiger partial charge >= 0.3 is 0 Å². The van der Waals surface area contributed by atoms with Crippen molar-refractivity contribution >= 4 is 17.5 Å². The van der Waals surface area contributed by atoms with Crippen molar-refractivity contribution in [2.24, 2.45) is 0 Å². The molecule has 1 atom stereocenters. The number of halogens is 1. The fourth-order valence-corrected chi connectivity index (χ4v) is 2.06. The quantitative estimate of drug-likeness (QED) is 0.743. The summed E-state index contributed by atoms with van der Waals surface area (Å²) in [6, 6.07) is 14.1. The fraction of sp³-hybridized carbons (Fsp3) is 0.278. The molecule has 0 bridgehead atoms. The smallest absolute Gasteiger partial charge is 0.260 e. The van der Waals surface area contributed by atoms with Crippen molar-refractivity contribution in [2.75, 3.05) is 20.3 Å². The Morgan fingerprint density at radius 1 is 1.04 bits per heavy atom. The van der Waals surface area contributed by atoms with E-state index in [-0.39, 0.29) is 5.91 Å². The van der Waals surface area contributed by atoms with Gasteiger partial charge < -0.3 is 19.5 Å². The van der Waals surface area contributed by atoms with Crippen molar-refractivity contribution in [1.29, 1.82) is 0 Å². The van der Waals surface area contributed by atoms with E-state index in [0.717, 1.165) is 11.5 Å². The number of rotatable bonds is 8. The van der Waals surface area contributed by atoms with Crippen LogP contribution in [-0.4, -0.2) is 32.3 Å². The molecule has 0 aliphatic carbocycles. The standard InChI is InChI=1S/C18H20ClNO4/c1-13(24-17-5-3-14(19)4-6-17)18(21)20-11-12-23-16-9-7-15(22-2)8-10-16/h3-10,13H,11-12H2,1-2H3,(H,20,21)/t13-/m0/s1. The minimum absolute atomic E-state index is 0.205. The summed E-state index contributed by atoms with van der Waals surface area (Å²) >= 11 is 5.81. The Morgan fingerprint density at radius 3 is 2.25 bits per heavy atom. The van der Waals surface area contributed by atoms with E-state index in [2.05, 4.69) is 5.32 Å². The van der Waals surface area contributed by atoms with Crippen molar-refractivity contribution in [3.05, 3.63) is 53.6 Å². The first kappa shape index (κ1) is 17.9. The first-order chi connectivity index (χ1) is 11.6. The maximum Gasteiger partial charge on any atom is 0.260 e. The maximum atomic E-state index is 12.0. The third kappa shape index (κ3) is 5.66. The van der Waals surface area contributed by atoms with E-state index in [1.54, 1.807) is 38.3 Å². The van der Waals surface area contributed by atoms with Crippen molar-refractivity contribution in [1.82, 2.24) is 5.32 Å². The van der Waals surface area contributed by atoms with Crippen LogP contribution in [0.2, 0.25) is 5.02 Å². The number of carbonyl (C=O) groups is 1. The number of amides is 1. The highest BCUT2D eigenvalue weighted by Crippen LogP contribution is 2.17. The lowest BCUT2D eigenvalue weighted by atomic mass is 10.3. The van der Waals surface area contributed by atoms with Crippen LogP contribution in [0.1, 0.15) is 6.92 Å². The Kier molecular flexibility index (Phi) is 6.75. The van der Waals surface area contributed by atoms with E-state index in [1.165, 1.54) is 0 Å². The van der Waals surface area contributed by atoms with E-state index < -0.39 is 6.10 Å². The van der Waals surface area contributed by atoms with Crippen LogP contribution in [0.3, 0.4) is 0 Å². The molecule has 1 N–H and O–H groups in total. The topological polar surface area (TPSA) is 56.8 Å². The second kappa shape index (κ2) is 9.03. The highest BCUT2D eigenvalue weighted by Gasteiger charge is 2.13. The molecule has 0 aliphatic heterocycles. The normalized spacial score (nSPS) is 11.5. The number of carbonyl (C=O) groups excluding carboxylic acids is 1. The maximum absolute atomic E-state index is 12.0. The van der Waals surface area contributed by atoms with Gasteiger partial charge in [-0.3, -0.25) is 4.79 Å². The summed E-state index contributed by atoms with van der Waals surface area (Å²) in [5.41, 5.74) is 0. The predicted molar refractivity (Wildman–Crippen MR) is 93.0 cm³/mol. The number of benzene rings is 2. The Bertz CT molecular complexity index is 643. The van der Waals surface area contributed by atoms with Crippen molar-refractivity contribution < 1.29 is 19.0 Å². The molecule has 0 radical (unpaired) electrons. The summed E-state index contributed by atoms with van der Waals surface area (Å²) < 4.78 is 16.2. The van der Waals surface area contributed by atoms with Gasteiger partial charge in [0.05, 0.1) is 13.7 Å². The third-order valence-electron chi connectivity index (χ3n) is 3.23. The molecule has 24 heavy (non-hydrogen) atoms. The van der Waals surface area contributed by atoms with Gasteiger partial charge in [-0.05, 0) is 55.5 Å². The van der Waals surface area contributed by atoms with Gasteiger partial charge in [-0.15, -0.1) is 0 Å². The molecular weight excluding hydrogens is 330 g/mol. The lowest BCUT2D eigenvalue weighted by Crippen LogP contribution is -2.38. The third-order valence-corrected chi connectivity index (χ3v) is 3.48. The van der Waals surface area contributed by atoms with Crippen molar-refractivity contribution in [3.63, 3.8) is 0 Å². The minimum atomic E-state index is -0.604. The van der Waals surface area contributed by atoms with Crippen molar-refractivity contribution in [2.45, 2.75) is 13.0 Å². The zero-order valence-corrected chi connectivity index (χ0v) is 14.4. The molecule has 2 aromatic rings. The second-order valence-corrected chi connectivity index (χ2v) is 5.47. The molecule has 0 heterocycles. The first-order valence-corrected chi connectivity index (χ1v) is 7.93. The second-order valence-electron chi connectivity index (χ2n) is 5.03. The summed E-state index contributed by atoms with van der Waals surface area (Å²) in [7, 11) is 1.61. The molecule has 5 nitrogen and oxygen atoms in total. The zero-order chi connectivity index (χ0) is 17.4. The fourth-order valence-electron chi connectivity index (χ4n) is 1.93. The van der Waals surface area contributed by atoms with E-state index in [4.69, 9.17) is 25.8 Å². The molecule has 1 amide bonds. The molecular formula is C18H20ClNO4. The Hall–Kier alpha value is -2.40. The Morgan fingerprint density at radius 2 is 1.62 bits per heavy atom. The molecule has 0 aliphatic rings. The highest BCUT2D eigenvalue weighted by molar-refractivity contribution is 6.30. The van der Waals surface area contributed by atoms with Crippen LogP contribution in [0.15, 0.2) is 48.5 Å². The molecule has 128 valence electrons. The highest BCUT2D eigenvalue weighted by atomic mass is 35.5. The van der Waals surface area contributed by atoms with Crippen LogP contribution in [0.25, 0.3) is 0 Å². The number of ether oxygens (including phenoxy) is 3. The van der Waals surface area contributed by atoms with Crippen LogP contribution in [0.5, 0.6) is 17.2 Å². The molecule has 2 rings (SSSR count). The Labute approximate surface area is 146 Å². The zero-order valence-electron chi connectivity index (χ0n) is 13.6. The Balaban J connectivity index is 1.69. The average molecular weight is 350 g/mol. The molecule has 0 spiro atoms. The molecule has 0 fully saturated rings. The first-order valence-electron chi connectivity index (χ1n) is 7.55. The molecule has 2 aromatic carbocycles. The summed E-state index contributed by atoms with van der Waals surface area (Å²) in [5, 5.41) is 3.39. The molecule has 0 aromatic heterocycles. The number of nitrogens with one attached hydrogen (secondary N) is 1. The van der Waals surface area contributed by atoms with E-state index >= 15 is 0 Å². The molecule has 6 heteroatoms. The van der Waals surface area contributed by atoms with Gasteiger partial charge in [0.15, 0.2) is 6.10 Å². The number of hydrogen-bond acceptors (Lipinski definition) is 4. The monoisotopic (exact) mass is 349 g/mol. The van der Waals surface area contributed by atoms with Crippen LogP contribution in [0.4, 0.5) is 0 Å². The van der Waals surface area contributed by atoms with Crippen LogP contribution >= 0.6 is 11.6 Å². The largest absolute Gasteiger partial charge is 0.497 e. The van der Waals surface area contributed by atoms with Gasteiger partial charge in [-0.1, -0.05) is 11.6 Å². The van der Waals surface area contributed by atoms with Gasteiger partial charge in [0.1, 0.15) is 23.9 Å². The van der Waals surface area contributed by atoms with Crippen LogP contribution < -0.4 is 19.5 Å². The average Bonchev–Trinajstić information content (AvgIpc) is 2.61. The van der Waals surface area contributed by atoms with Crippen LogP contribution in [0, 0.1) is 0 Å². The number of hydrogen-bond donors (Lipinski definition) is 1. The van der Waals surface area contributed by atoms with Gasteiger partial charge in [0, 0.05) is 5.02 Å². The van der Waals surface area contributed by atoms with Gasteiger partial charge in [-0.25, -0.2) is 0 Å². The van der Waals surface area contributed by atoms with E-state index in [9.17, 15) is 4.79 Å². The molecule has 0 saturated heterocycles. The lowest BCUT2D eigenvalue weighted by Gasteiger charge is -2.15. The minimum Gasteiger partial charge on any atom is -0.497 e. The summed E-state index contributed by atoms with van der Waals surface area (Å²) in [6.45, 7) is 2.44. The molecule has 0 unspecified atom stereocenters. The van der Waals surface area contributed by atoms with Gasteiger partial charge in [-0.2, -0.15) is 0 Å².